The molecule has 0 spiro atoms. The lowest BCUT2D eigenvalue weighted by Gasteiger charge is -1.99. The van der Waals surface area contributed by atoms with Gasteiger partial charge >= 0.3 is 0 Å². The Kier molecular flexibility index (Phi) is 4.78. The third-order valence-corrected chi connectivity index (χ3v) is 2.64. The van der Waals surface area contributed by atoms with Gasteiger partial charge in [-0.05, 0) is 12.2 Å². The van der Waals surface area contributed by atoms with Crippen molar-refractivity contribution in [1.82, 2.24) is 9.97 Å². The van der Waals surface area contributed by atoms with Crippen LogP contribution in [0.5, 0.6) is 0 Å². The first kappa shape index (κ1) is 10.5. The summed E-state index contributed by atoms with van der Waals surface area (Å²) >= 11 is 1.75. The molecule has 2 N–H and O–H groups in total. The van der Waals surface area contributed by atoms with Crippen LogP contribution < -0.4 is 5.73 Å². The van der Waals surface area contributed by atoms with Gasteiger partial charge < -0.3 is 5.73 Å². The maximum absolute atomic E-state index is 5.41. The van der Waals surface area contributed by atoms with Gasteiger partial charge in [0.25, 0.3) is 0 Å². The van der Waals surface area contributed by atoms with Crippen LogP contribution in [0.1, 0.15) is 25.5 Å². The molecule has 0 aliphatic rings. The summed E-state index contributed by atoms with van der Waals surface area (Å²) in [5.74, 6) is 1.12. The summed E-state index contributed by atoms with van der Waals surface area (Å²) < 4.78 is 0. The van der Waals surface area contributed by atoms with Crippen molar-refractivity contribution in [2.24, 2.45) is 5.73 Å². The van der Waals surface area contributed by atoms with E-state index in [0.717, 1.165) is 16.5 Å². The van der Waals surface area contributed by atoms with Gasteiger partial charge in [-0.2, -0.15) is 0 Å². The second kappa shape index (κ2) is 5.94. The van der Waals surface area contributed by atoms with Crippen LogP contribution in [-0.4, -0.2) is 15.7 Å². The minimum Gasteiger partial charge on any atom is -0.325 e. The molecule has 1 aromatic heterocycles. The van der Waals surface area contributed by atoms with E-state index in [0.29, 0.717) is 6.54 Å². The number of unbranched alkanes of at least 4 members (excludes halogenated alkanes) is 1. The molecule has 0 amide bonds. The number of thioether (sulfide) groups is 1. The van der Waals surface area contributed by atoms with E-state index in [1.54, 1.807) is 24.2 Å². The Morgan fingerprint density at radius 2 is 2.23 bits per heavy atom. The number of nitrogens with two attached hydrogens (primary N) is 1. The van der Waals surface area contributed by atoms with E-state index in [4.69, 9.17) is 5.73 Å². The zero-order chi connectivity index (χ0) is 9.52. The van der Waals surface area contributed by atoms with E-state index in [-0.39, 0.29) is 0 Å². The first-order chi connectivity index (χ1) is 6.36. The lowest BCUT2D eigenvalue weighted by Crippen LogP contribution is -2.00. The quantitative estimate of drug-likeness (QED) is 0.578. The molecule has 0 saturated heterocycles. The standard InChI is InChI=1S/C9H15N3S/c1-2-3-4-13-9-7-11-8(5-10)6-12-9/h6-7H,2-5,10H2,1H3. The molecule has 1 rings (SSSR count). The van der Waals surface area contributed by atoms with Crippen molar-refractivity contribution in [3.63, 3.8) is 0 Å². The zero-order valence-electron chi connectivity index (χ0n) is 7.86. The normalized spacial score (nSPS) is 10.3. The fraction of sp³-hybridized carbons (Fsp3) is 0.556. The van der Waals surface area contributed by atoms with E-state index in [2.05, 4.69) is 16.9 Å². The summed E-state index contributed by atoms with van der Waals surface area (Å²) in [6.07, 6.45) is 5.99. The number of rotatable bonds is 5. The molecule has 1 heterocycles. The molecule has 0 unspecified atom stereocenters. The minimum atomic E-state index is 0.465. The Labute approximate surface area is 83.2 Å². The van der Waals surface area contributed by atoms with Crippen LogP contribution in [0, 0.1) is 0 Å². The summed E-state index contributed by atoms with van der Waals surface area (Å²) in [5.41, 5.74) is 6.26. The Balaban J connectivity index is 2.40. The van der Waals surface area contributed by atoms with Crippen LogP contribution in [0.3, 0.4) is 0 Å². The number of hydrogen-bond donors (Lipinski definition) is 1. The topological polar surface area (TPSA) is 51.8 Å². The highest BCUT2D eigenvalue weighted by atomic mass is 32.2. The second-order valence-electron chi connectivity index (χ2n) is 2.75. The van der Waals surface area contributed by atoms with Crippen molar-refractivity contribution in [2.45, 2.75) is 31.3 Å². The molecule has 0 aliphatic carbocycles. The Morgan fingerprint density at radius 1 is 1.38 bits per heavy atom. The van der Waals surface area contributed by atoms with Crippen LogP contribution >= 0.6 is 11.8 Å². The molecule has 0 atom stereocenters. The molecule has 0 saturated carbocycles. The Hall–Kier alpha value is -0.610. The van der Waals surface area contributed by atoms with Gasteiger partial charge in [0.1, 0.15) is 5.03 Å². The third kappa shape index (κ3) is 3.74. The molecule has 0 bridgehead atoms. The molecule has 1 aromatic rings. The molecule has 13 heavy (non-hydrogen) atoms. The molecular weight excluding hydrogens is 182 g/mol. The van der Waals surface area contributed by atoms with Crippen molar-refractivity contribution >= 4 is 11.8 Å². The summed E-state index contributed by atoms with van der Waals surface area (Å²) in [6, 6.07) is 0. The summed E-state index contributed by atoms with van der Waals surface area (Å²) in [7, 11) is 0. The van der Waals surface area contributed by atoms with Gasteiger partial charge in [0.2, 0.25) is 0 Å². The first-order valence-electron chi connectivity index (χ1n) is 4.50. The van der Waals surface area contributed by atoms with Crippen molar-refractivity contribution in [1.29, 1.82) is 0 Å². The average Bonchev–Trinajstić information content (AvgIpc) is 2.19. The molecular formula is C9H15N3S. The molecule has 3 nitrogen and oxygen atoms in total. The predicted octanol–water partition coefficient (Wildman–Crippen LogP) is 1.83. The summed E-state index contributed by atoms with van der Waals surface area (Å²) in [6.45, 7) is 2.65. The summed E-state index contributed by atoms with van der Waals surface area (Å²) in [5, 5.41) is 0.991. The Bertz CT molecular complexity index is 235. The first-order valence-corrected chi connectivity index (χ1v) is 5.49. The number of aromatic nitrogens is 2. The van der Waals surface area contributed by atoms with Crippen LogP contribution in [-0.2, 0) is 6.54 Å². The van der Waals surface area contributed by atoms with E-state index in [1.165, 1.54) is 12.8 Å². The molecule has 4 heteroatoms. The fourth-order valence-corrected chi connectivity index (χ4v) is 1.74. The van der Waals surface area contributed by atoms with Crippen LogP contribution in [0.15, 0.2) is 17.4 Å². The molecule has 0 aromatic carbocycles. The van der Waals surface area contributed by atoms with Gasteiger partial charge in [0, 0.05) is 6.54 Å². The van der Waals surface area contributed by atoms with Crippen molar-refractivity contribution < 1.29 is 0 Å². The van der Waals surface area contributed by atoms with Crippen molar-refractivity contribution in [3.8, 4) is 0 Å². The second-order valence-corrected chi connectivity index (χ2v) is 3.87. The highest BCUT2D eigenvalue weighted by Crippen LogP contribution is 2.15. The van der Waals surface area contributed by atoms with E-state index in [9.17, 15) is 0 Å². The molecule has 0 aliphatic heterocycles. The highest BCUT2D eigenvalue weighted by molar-refractivity contribution is 7.99. The van der Waals surface area contributed by atoms with Crippen LogP contribution in [0.4, 0.5) is 0 Å². The highest BCUT2D eigenvalue weighted by Gasteiger charge is 1.96. The van der Waals surface area contributed by atoms with Gasteiger partial charge in [0.05, 0.1) is 18.1 Å². The van der Waals surface area contributed by atoms with Crippen LogP contribution in [0.25, 0.3) is 0 Å². The van der Waals surface area contributed by atoms with Gasteiger partial charge in [0.15, 0.2) is 0 Å². The lowest BCUT2D eigenvalue weighted by atomic mass is 10.4. The SMILES string of the molecule is CCCCSc1cnc(CN)cn1. The third-order valence-electron chi connectivity index (χ3n) is 1.64. The smallest absolute Gasteiger partial charge is 0.114 e. The summed E-state index contributed by atoms with van der Waals surface area (Å²) in [4.78, 5) is 8.41. The Morgan fingerprint density at radius 3 is 2.77 bits per heavy atom. The lowest BCUT2D eigenvalue weighted by molar-refractivity contribution is 0.889. The van der Waals surface area contributed by atoms with Crippen LogP contribution in [0.2, 0.25) is 0 Å². The monoisotopic (exact) mass is 197 g/mol. The van der Waals surface area contributed by atoms with Gasteiger partial charge in [-0.3, -0.25) is 4.98 Å². The van der Waals surface area contributed by atoms with Crippen molar-refractivity contribution in [2.75, 3.05) is 5.75 Å². The van der Waals surface area contributed by atoms with Gasteiger partial charge in [-0.15, -0.1) is 11.8 Å². The molecule has 0 fully saturated rings. The van der Waals surface area contributed by atoms with E-state index >= 15 is 0 Å². The maximum Gasteiger partial charge on any atom is 0.114 e. The largest absolute Gasteiger partial charge is 0.325 e. The van der Waals surface area contributed by atoms with E-state index in [1.807, 2.05) is 0 Å². The number of hydrogen-bond acceptors (Lipinski definition) is 4. The molecule has 0 radical (unpaired) electrons. The number of nitrogens with zero attached hydrogens (tertiary/aromatic N) is 2. The predicted molar refractivity (Wildman–Crippen MR) is 55.6 cm³/mol. The average molecular weight is 197 g/mol. The van der Waals surface area contributed by atoms with Gasteiger partial charge in [-0.25, -0.2) is 4.98 Å². The van der Waals surface area contributed by atoms with E-state index < -0.39 is 0 Å². The zero-order valence-corrected chi connectivity index (χ0v) is 8.68. The maximum atomic E-state index is 5.41. The minimum absolute atomic E-state index is 0.465. The fourth-order valence-electron chi connectivity index (χ4n) is 0.844. The molecule has 72 valence electrons. The van der Waals surface area contributed by atoms with Crippen molar-refractivity contribution in [3.05, 3.63) is 18.1 Å². The van der Waals surface area contributed by atoms with Gasteiger partial charge in [-0.1, -0.05) is 13.3 Å².